The zero-order valence-corrected chi connectivity index (χ0v) is 19.5. The third-order valence-electron chi connectivity index (χ3n) is 4.94. The van der Waals surface area contributed by atoms with Crippen LogP contribution in [0, 0.1) is 20.8 Å². The molecule has 0 amide bonds. The van der Waals surface area contributed by atoms with E-state index >= 15 is 0 Å². The van der Waals surface area contributed by atoms with Gasteiger partial charge in [0.05, 0.1) is 12.8 Å². The van der Waals surface area contributed by atoms with Crippen molar-refractivity contribution in [2.24, 2.45) is 5.16 Å². The van der Waals surface area contributed by atoms with Crippen molar-refractivity contribution in [3.05, 3.63) is 88.5 Å². The first-order valence-corrected chi connectivity index (χ1v) is 10.8. The van der Waals surface area contributed by atoms with Crippen LogP contribution in [0.4, 0.5) is 0 Å². The summed E-state index contributed by atoms with van der Waals surface area (Å²) in [5.41, 5.74) is 5.08. The van der Waals surface area contributed by atoms with Gasteiger partial charge in [-0.2, -0.15) is 0 Å². The molecule has 0 aromatic heterocycles. The number of benzene rings is 3. The first-order chi connectivity index (χ1) is 16.0. The quantitative estimate of drug-likeness (QED) is 0.232. The van der Waals surface area contributed by atoms with Gasteiger partial charge >= 0.3 is 5.97 Å². The van der Waals surface area contributed by atoms with Crippen molar-refractivity contribution in [2.75, 3.05) is 13.2 Å². The molecule has 0 unspecified atom stereocenters. The van der Waals surface area contributed by atoms with Gasteiger partial charge in [-0.05, 0) is 68.7 Å². The molecule has 6 nitrogen and oxygen atoms in total. The van der Waals surface area contributed by atoms with Crippen molar-refractivity contribution in [1.82, 2.24) is 0 Å². The molecule has 3 rings (SSSR count). The van der Waals surface area contributed by atoms with E-state index in [4.69, 9.17) is 19.0 Å². The van der Waals surface area contributed by atoms with Gasteiger partial charge in [0.1, 0.15) is 12.4 Å². The minimum atomic E-state index is -0.588. The average Bonchev–Trinajstić information content (AvgIpc) is 2.79. The molecule has 0 aliphatic heterocycles. The highest BCUT2D eigenvalue weighted by Crippen LogP contribution is 2.29. The fraction of sp³-hybridized carbons (Fsp3) is 0.259. The molecule has 0 aliphatic rings. The van der Waals surface area contributed by atoms with Gasteiger partial charge in [-0.1, -0.05) is 47.1 Å². The van der Waals surface area contributed by atoms with Gasteiger partial charge in [0.2, 0.25) is 0 Å². The Labute approximate surface area is 194 Å². The number of rotatable bonds is 10. The fourth-order valence-corrected chi connectivity index (χ4v) is 3.19. The zero-order valence-electron chi connectivity index (χ0n) is 19.5. The molecule has 0 radical (unpaired) electrons. The zero-order chi connectivity index (χ0) is 23.6. The molecule has 0 heterocycles. The Bertz CT molecular complexity index is 1120. The highest BCUT2D eigenvalue weighted by Gasteiger charge is 2.09. The highest BCUT2D eigenvalue weighted by molar-refractivity contribution is 5.81. The lowest BCUT2D eigenvalue weighted by Gasteiger charge is -2.13. The molecule has 3 aromatic carbocycles. The summed E-state index contributed by atoms with van der Waals surface area (Å²) < 4.78 is 17.2. The standard InChI is InChI=1S/C27H29NO5/c1-5-30-26-15-22(11-13-25(26)31-17-23-9-7-6-8-20(23)3)16-28-33-27(29)18-32-24-12-10-19(2)14-21(24)4/h6-16H,5,17-18H2,1-4H3/b28-16+. The number of oxime groups is 1. The first-order valence-electron chi connectivity index (χ1n) is 10.8. The van der Waals surface area contributed by atoms with E-state index < -0.39 is 5.97 Å². The summed E-state index contributed by atoms with van der Waals surface area (Å²) in [5, 5.41) is 3.78. The number of carbonyl (C=O) groups excluding carboxylic acids is 1. The molecular weight excluding hydrogens is 418 g/mol. The van der Waals surface area contributed by atoms with Crippen molar-refractivity contribution in [3.63, 3.8) is 0 Å². The van der Waals surface area contributed by atoms with Gasteiger partial charge in [-0.15, -0.1) is 0 Å². The van der Waals surface area contributed by atoms with Gasteiger partial charge in [-0.25, -0.2) is 4.79 Å². The van der Waals surface area contributed by atoms with Crippen LogP contribution in [0.2, 0.25) is 0 Å². The van der Waals surface area contributed by atoms with Crippen LogP contribution in [0.3, 0.4) is 0 Å². The SMILES string of the molecule is CCOc1cc(/C=N/OC(=O)COc2ccc(C)cc2C)ccc1OCc1ccccc1C. The van der Waals surface area contributed by atoms with E-state index in [0.29, 0.717) is 36.0 Å². The Morgan fingerprint density at radius 2 is 1.64 bits per heavy atom. The molecular formula is C27H29NO5. The Morgan fingerprint density at radius 3 is 2.39 bits per heavy atom. The van der Waals surface area contributed by atoms with Crippen molar-refractivity contribution in [1.29, 1.82) is 0 Å². The van der Waals surface area contributed by atoms with Crippen LogP contribution >= 0.6 is 0 Å². The largest absolute Gasteiger partial charge is 0.490 e. The van der Waals surface area contributed by atoms with E-state index in [2.05, 4.69) is 18.1 Å². The number of carbonyl (C=O) groups is 1. The van der Waals surface area contributed by atoms with E-state index in [1.165, 1.54) is 11.8 Å². The van der Waals surface area contributed by atoms with Crippen LogP contribution in [-0.2, 0) is 16.2 Å². The number of nitrogens with zero attached hydrogens (tertiary/aromatic N) is 1. The maximum absolute atomic E-state index is 12.0. The maximum Gasteiger partial charge on any atom is 0.372 e. The Kier molecular flexibility index (Phi) is 8.47. The second-order valence-electron chi connectivity index (χ2n) is 7.61. The Morgan fingerprint density at radius 1 is 0.848 bits per heavy atom. The normalized spacial score (nSPS) is 10.8. The lowest BCUT2D eigenvalue weighted by Crippen LogP contribution is -2.13. The van der Waals surface area contributed by atoms with Crippen molar-refractivity contribution in [2.45, 2.75) is 34.3 Å². The molecule has 6 heteroatoms. The molecule has 172 valence electrons. The minimum absolute atomic E-state index is 0.225. The summed E-state index contributed by atoms with van der Waals surface area (Å²) in [5.74, 6) is 1.29. The lowest BCUT2D eigenvalue weighted by molar-refractivity contribution is -0.145. The van der Waals surface area contributed by atoms with E-state index in [0.717, 1.165) is 16.7 Å². The molecule has 0 N–H and O–H groups in total. The summed E-state index contributed by atoms with van der Waals surface area (Å²) in [7, 11) is 0. The second kappa shape index (κ2) is 11.7. The summed E-state index contributed by atoms with van der Waals surface area (Å²) in [6.45, 7) is 8.59. The van der Waals surface area contributed by atoms with Crippen molar-refractivity contribution in [3.8, 4) is 17.2 Å². The Balaban J connectivity index is 1.56. The number of aryl methyl sites for hydroxylation is 3. The van der Waals surface area contributed by atoms with Gasteiger partial charge in [0, 0.05) is 5.56 Å². The molecule has 0 saturated heterocycles. The first kappa shape index (κ1) is 23.9. The molecule has 33 heavy (non-hydrogen) atoms. The predicted molar refractivity (Wildman–Crippen MR) is 128 cm³/mol. The van der Waals surface area contributed by atoms with E-state index in [-0.39, 0.29) is 6.61 Å². The van der Waals surface area contributed by atoms with Crippen LogP contribution in [-0.4, -0.2) is 25.4 Å². The van der Waals surface area contributed by atoms with Crippen LogP contribution in [0.1, 0.15) is 34.7 Å². The number of ether oxygens (including phenoxy) is 3. The van der Waals surface area contributed by atoms with E-state index in [1.54, 1.807) is 6.07 Å². The van der Waals surface area contributed by atoms with Crippen LogP contribution in [0.25, 0.3) is 0 Å². The fourth-order valence-electron chi connectivity index (χ4n) is 3.19. The molecule has 0 atom stereocenters. The second-order valence-corrected chi connectivity index (χ2v) is 7.61. The third-order valence-corrected chi connectivity index (χ3v) is 4.94. The van der Waals surface area contributed by atoms with Gasteiger partial charge < -0.3 is 19.0 Å². The van der Waals surface area contributed by atoms with Crippen LogP contribution < -0.4 is 14.2 Å². The molecule has 0 aliphatic carbocycles. The van der Waals surface area contributed by atoms with E-state index in [1.807, 2.05) is 69.3 Å². The smallest absolute Gasteiger partial charge is 0.372 e. The highest BCUT2D eigenvalue weighted by atomic mass is 16.7. The summed E-state index contributed by atoms with van der Waals surface area (Å²) in [6, 6.07) is 19.3. The monoisotopic (exact) mass is 447 g/mol. The summed E-state index contributed by atoms with van der Waals surface area (Å²) >= 11 is 0. The lowest BCUT2D eigenvalue weighted by atomic mass is 10.1. The van der Waals surface area contributed by atoms with E-state index in [9.17, 15) is 4.79 Å². The van der Waals surface area contributed by atoms with Crippen LogP contribution in [0.15, 0.2) is 65.8 Å². The van der Waals surface area contributed by atoms with Gasteiger partial charge in [-0.3, -0.25) is 0 Å². The third kappa shape index (κ3) is 7.10. The number of hydrogen-bond acceptors (Lipinski definition) is 6. The van der Waals surface area contributed by atoms with Gasteiger partial charge in [0.15, 0.2) is 18.1 Å². The molecule has 0 fully saturated rings. The molecule has 0 bridgehead atoms. The Hall–Kier alpha value is -3.80. The predicted octanol–water partition coefficient (Wildman–Crippen LogP) is 5.55. The number of hydrogen-bond donors (Lipinski definition) is 0. The summed E-state index contributed by atoms with van der Waals surface area (Å²) in [4.78, 5) is 16.9. The van der Waals surface area contributed by atoms with Gasteiger partial charge in [0.25, 0.3) is 0 Å². The van der Waals surface area contributed by atoms with Crippen molar-refractivity contribution >= 4 is 12.2 Å². The average molecular weight is 448 g/mol. The topological polar surface area (TPSA) is 66.4 Å². The maximum atomic E-state index is 12.0. The molecule has 3 aromatic rings. The summed E-state index contributed by atoms with van der Waals surface area (Å²) in [6.07, 6.45) is 1.45. The molecule has 0 saturated carbocycles. The van der Waals surface area contributed by atoms with Crippen molar-refractivity contribution < 1.29 is 23.8 Å². The molecule has 0 spiro atoms. The van der Waals surface area contributed by atoms with Crippen LogP contribution in [0.5, 0.6) is 17.2 Å². The minimum Gasteiger partial charge on any atom is -0.490 e.